The highest BCUT2D eigenvalue weighted by Crippen LogP contribution is 2.27. The van der Waals surface area contributed by atoms with Crippen molar-refractivity contribution in [2.75, 3.05) is 0 Å². The van der Waals surface area contributed by atoms with Gasteiger partial charge < -0.3 is 4.74 Å². The normalized spacial score (nSPS) is 9.83. The quantitative estimate of drug-likeness (QED) is 0.788. The molecule has 0 radical (unpaired) electrons. The van der Waals surface area contributed by atoms with Gasteiger partial charge in [0.25, 0.3) is 0 Å². The Kier molecular flexibility index (Phi) is 3.96. The fourth-order valence-corrected chi connectivity index (χ4v) is 1.95. The minimum atomic E-state index is -0.577. The molecule has 0 aliphatic heterocycles. The predicted molar refractivity (Wildman–Crippen MR) is 70.3 cm³/mol. The number of ether oxygens (including phenoxy) is 1. The van der Waals surface area contributed by atoms with E-state index in [2.05, 4.69) is 15.9 Å². The third-order valence-electron chi connectivity index (χ3n) is 2.41. The van der Waals surface area contributed by atoms with Crippen LogP contribution in [0.15, 0.2) is 42.5 Å². The molecule has 0 bridgehead atoms. The summed E-state index contributed by atoms with van der Waals surface area (Å²) in [6.07, 6.45) is 0. The standard InChI is InChI=1S/C14H9BrFNO/c15-8-10-3-1-2-4-14(10)18-12-6-5-11(9-17)13(16)7-12/h1-7H,8H2. The van der Waals surface area contributed by atoms with Gasteiger partial charge in [0.1, 0.15) is 23.4 Å². The van der Waals surface area contributed by atoms with Crippen LogP contribution in [0.4, 0.5) is 4.39 Å². The van der Waals surface area contributed by atoms with E-state index >= 15 is 0 Å². The summed E-state index contributed by atoms with van der Waals surface area (Å²) >= 11 is 3.36. The molecule has 2 nitrogen and oxygen atoms in total. The maximum Gasteiger partial charge on any atom is 0.144 e. The summed E-state index contributed by atoms with van der Waals surface area (Å²) in [5.74, 6) is 0.463. The Morgan fingerprint density at radius 1 is 1.22 bits per heavy atom. The molecule has 2 aromatic rings. The highest BCUT2D eigenvalue weighted by atomic mass is 79.9. The molecule has 2 aromatic carbocycles. The fourth-order valence-electron chi connectivity index (χ4n) is 1.49. The lowest BCUT2D eigenvalue weighted by Gasteiger charge is -2.09. The van der Waals surface area contributed by atoms with Crippen LogP contribution in [-0.2, 0) is 5.33 Å². The van der Waals surface area contributed by atoms with E-state index in [1.807, 2.05) is 24.3 Å². The molecule has 0 atom stereocenters. The van der Waals surface area contributed by atoms with Crippen LogP contribution in [0.1, 0.15) is 11.1 Å². The second kappa shape index (κ2) is 5.65. The van der Waals surface area contributed by atoms with Gasteiger partial charge in [0.2, 0.25) is 0 Å². The molecule has 0 aromatic heterocycles. The Hall–Kier alpha value is -1.86. The van der Waals surface area contributed by atoms with Crippen molar-refractivity contribution >= 4 is 15.9 Å². The molecule has 0 amide bonds. The van der Waals surface area contributed by atoms with Crippen molar-refractivity contribution in [3.05, 3.63) is 59.4 Å². The van der Waals surface area contributed by atoms with Crippen molar-refractivity contribution in [3.8, 4) is 17.6 Å². The van der Waals surface area contributed by atoms with E-state index in [4.69, 9.17) is 10.00 Å². The van der Waals surface area contributed by atoms with Crippen molar-refractivity contribution in [1.29, 1.82) is 5.26 Å². The predicted octanol–water partition coefficient (Wildman–Crippen LogP) is 4.38. The number of rotatable bonds is 3. The van der Waals surface area contributed by atoms with Crippen LogP contribution in [0.25, 0.3) is 0 Å². The first-order valence-electron chi connectivity index (χ1n) is 5.26. The van der Waals surface area contributed by atoms with Gasteiger partial charge >= 0.3 is 0 Å². The highest BCUT2D eigenvalue weighted by molar-refractivity contribution is 9.08. The van der Waals surface area contributed by atoms with Crippen LogP contribution >= 0.6 is 15.9 Å². The summed E-state index contributed by atoms with van der Waals surface area (Å²) in [4.78, 5) is 0. The van der Waals surface area contributed by atoms with E-state index in [0.717, 1.165) is 5.56 Å². The lowest BCUT2D eigenvalue weighted by Crippen LogP contribution is -1.91. The number of nitriles is 1. The summed E-state index contributed by atoms with van der Waals surface area (Å²) < 4.78 is 19.0. The van der Waals surface area contributed by atoms with E-state index in [0.29, 0.717) is 16.8 Å². The van der Waals surface area contributed by atoms with E-state index in [9.17, 15) is 4.39 Å². The van der Waals surface area contributed by atoms with E-state index in [1.54, 1.807) is 12.1 Å². The molecule has 90 valence electrons. The molecule has 0 aliphatic rings. The van der Waals surface area contributed by atoms with Gasteiger partial charge in [-0.1, -0.05) is 34.1 Å². The van der Waals surface area contributed by atoms with Crippen molar-refractivity contribution in [2.24, 2.45) is 0 Å². The van der Waals surface area contributed by atoms with Gasteiger partial charge in [-0.15, -0.1) is 0 Å². The second-order valence-electron chi connectivity index (χ2n) is 3.60. The molecule has 0 heterocycles. The smallest absolute Gasteiger partial charge is 0.144 e. The molecule has 0 saturated carbocycles. The first-order valence-corrected chi connectivity index (χ1v) is 6.38. The topological polar surface area (TPSA) is 33.0 Å². The monoisotopic (exact) mass is 305 g/mol. The molecule has 18 heavy (non-hydrogen) atoms. The van der Waals surface area contributed by atoms with Gasteiger partial charge in [0, 0.05) is 17.0 Å². The molecule has 0 aliphatic carbocycles. The molecule has 0 unspecified atom stereocenters. The number of hydrogen-bond acceptors (Lipinski definition) is 2. The lowest BCUT2D eigenvalue weighted by molar-refractivity contribution is 0.472. The zero-order chi connectivity index (χ0) is 13.0. The summed E-state index contributed by atoms with van der Waals surface area (Å²) in [5, 5.41) is 9.30. The maximum absolute atomic E-state index is 13.4. The van der Waals surface area contributed by atoms with Crippen LogP contribution < -0.4 is 4.74 Å². The van der Waals surface area contributed by atoms with Gasteiger partial charge in [-0.05, 0) is 18.2 Å². The molecule has 0 spiro atoms. The Labute approximate surface area is 113 Å². The van der Waals surface area contributed by atoms with Crippen molar-refractivity contribution < 1.29 is 9.13 Å². The van der Waals surface area contributed by atoms with Gasteiger partial charge in [-0.3, -0.25) is 0 Å². The van der Waals surface area contributed by atoms with Crippen LogP contribution in [0.2, 0.25) is 0 Å². The van der Waals surface area contributed by atoms with E-state index in [1.165, 1.54) is 12.1 Å². The summed E-state index contributed by atoms with van der Waals surface area (Å²) in [7, 11) is 0. The zero-order valence-corrected chi connectivity index (χ0v) is 10.9. The number of nitrogens with zero attached hydrogens (tertiary/aromatic N) is 1. The SMILES string of the molecule is N#Cc1ccc(Oc2ccccc2CBr)cc1F. The van der Waals surface area contributed by atoms with Crippen LogP contribution in [0, 0.1) is 17.1 Å². The number of alkyl halides is 1. The largest absolute Gasteiger partial charge is 0.457 e. The summed E-state index contributed by atoms with van der Waals surface area (Å²) in [5.41, 5.74) is 0.985. The lowest BCUT2D eigenvalue weighted by atomic mass is 10.2. The van der Waals surface area contributed by atoms with Crippen molar-refractivity contribution in [1.82, 2.24) is 0 Å². The first-order chi connectivity index (χ1) is 8.74. The van der Waals surface area contributed by atoms with E-state index in [-0.39, 0.29) is 5.56 Å². The van der Waals surface area contributed by atoms with Gasteiger partial charge in [0.15, 0.2) is 0 Å². The summed E-state index contributed by atoms with van der Waals surface area (Å²) in [6, 6.07) is 13.5. The Morgan fingerprint density at radius 3 is 2.67 bits per heavy atom. The highest BCUT2D eigenvalue weighted by Gasteiger charge is 2.06. The second-order valence-corrected chi connectivity index (χ2v) is 4.16. The zero-order valence-electron chi connectivity index (χ0n) is 9.36. The molecule has 0 fully saturated rings. The number of halogens is 2. The number of para-hydroxylation sites is 1. The Morgan fingerprint density at radius 2 is 2.00 bits per heavy atom. The average molecular weight is 306 g/mol. The van der Waals surface area contributed by atoms with Gasteiger partial charge in [-0.2, -0.15) is 5.26 Å². The summed E-state index contributed by atoms with van der Waals surface area (Å²) in [6.45, 7) is 0. The van der Waals surface area contributed by atoms with Gasteiger partial charge in [0.05, 0.1) is 5.56 Å². The molecular formula is C14H9BrFNO. The minimum absolute atomic E-state index is 0.0103. The van der Waals surface area contributed by atoms with E-state index < -0.39 is 5.82 Å². The van der Waals surface area contributed by atoms with Crippen molar-refractivity contribution in [3.63, 3.8) is 0 Å². The Balaban J connectivity index is 2.29. The molecular weight excluding hydrogens is 297 g/mol. The Bertz CT molecular complexity index is 607. The van der Waals surface area contributed by atoms with Crippen LogP contribution in [0.5, 0.6) is 11.5 Å². The van der Waals surface area contributed by atoms with Crippen LogP contribution in [0.3, 0.4) is 0 Å². The molecule has 0 saturated heterocycles. The maximum atomic E-state index is 13.4. The number of hydrogen-bond donors (Lipinski definition) is 0. The fraction of sp³-hybridized carbons (Fsp3) is 0.0714. The first kappa shape index (κ1) is 12.6. The molecule has 2 rings (SSSR count). The number of benzene rings is 2. The minimum Gasteiger partial charge on any atom is -0.457 e. The molecule has 4 heteroatoms. The third-order valence-corrected chi connectivity index (χ3v) is 3.01. The van der Waals surface area contributed by atoms with Crippen LogP contribution in [-0.4, -0.2) is 0 Å². The third kappa shape index (κ3) is 2.69. The average Bonchev–Trinajstić information content (AvgIpc) is 2.39. The van der Waals surface area contributed by atoms with Crippen molar-refractivity contribution in [2.45, 2.75) is 5.33 Å². The molecule has 0 N–H and O–H groups in total. The van der Waals surface area contributed by atoms with Gasteiger partial charge in [-0.25, -0.2) is 4.39 Å².